The monoisotopic (exact) mass is 362 g/mol. The summed E-state index contributed by atoms with van der Waals surface area (Å²) in [6.07, 6.45) is 1.63. The van der Waals surface area contributed by atoms with Gasteiger partial charge in [0.15, 0.2) is 0 Å². The summed E-state index contributed by atoms with van der Waals surface area (Å²) in [5.74, 6) is -0.233. The van der Waals surface area contributed by atoms with Gasteiger partial charge in [-0.25, -0.2) is 0 Å². The number of anilines is 2. The smallest absolute Gasteiger partial charge is 0.274 e. The van der Waals surface area contributed by atoms with Gasteiger partial charge in [-0.2, -0.15) is 0 Å². The zero-order chi connectivity index (χ0) is 15.9. The number of carbonyl (C=O) groups excluding carboxylic acids is 1. The van der Waals surface area contributed by atoms with E-state index in [1.54, 1.807) is 12.3 Å². The van der Waals surface area contributed by atoms with Crippen molar-refractivity contribution in [3.8, 4) is 0 Å². The minimum Gasteiger partial charge on any atom is -0.384 e. The van der Waals surface area contributed by atoms with Crippen molar-refractivity contribution in [2.75, 3.05) is 37.8 Å². The molecule has 6 heteroatoms. The molecule has 22 heavy (non-hydrogen) atoms. The number of para-hydroxylation sites is 1. The molecule has 0 radical (unpaired) electrons. The number of likely N-dealkylation sites (N-methyl/N-ethyl adjacent to an activating group) is 1. The molecule has 2 rings (SSSR count). The van der Waals surface area contributed by atoms with Crippen LogP contribution in [0.5, 0.6) is 0 Å². The number of hydrogen-bond donors (Lipinski definition) is 2. The second-order valence-corrected chi connectivity index (χ2v) is 5.95. The number of nitrogens with one attached hydrogen (secondary N) is 2. The van der Waals surface area contributed by atoms with Gasteiger partial charge >= 0.3 is 0 Å². The van der Waals surface area contributed by atoms with Crippen LogP contribution < -0.4 is 10.6 Å². The zero-order valence-electron chi connectivity index (χ0n) is 12.6. The molecule has 1 heterocycles. The van der Waals surface area contributed by atoms with E-state index >= 15 is 0 Å². The highest BCUT2D eigenvalue weighted by Gasteiger charge is 2.10. The summed E-state index contributed by atoms with van der Waals surface area (Å²) in [6, 6.07) is 11.1. The Balaban J connectivity index is 2.02. The Morgan fingerprint density at radius 3 is 2.77 bits per heavy atom. The summed E-state index contributed by atoms with van der Waals surface area (Å²) in [5.41, 5.74) is 1.99. The molecule has 1 aromatic heterocycles. The van der Waals surface area contributed by atoms with Gasteiger partial charge in [0.2, 0.25) is 0 Å². The topological polar surface area (TPSA) is 57.3 Å². The van der Waals surface area contributed by atoms with E-state index in [9.17, 15) is 4.79 Å². The van der Waals surface area contributed by atoms with Gasteiger partial charge in [-0.3, -0.25) is 9.78 Å². The van der Waals surface area contributed by atoms with Gasteiger partial charge in [0, 0.05) is 29.4 Å². The lowest BCUT2D eigenvalue weighted by atomic mass is 10.2. The Bertz CT molecular complexity index is 646. The van der Waals surface area contributed by atoms with E-state index in [2.05, 4.69) is 36.4 Å². The van der Waals surface area contributed by atoms with Crippen LogP contribution in [0.4, 0.5) is 11.4 Å². The predicted octanol–water partition coefficient (Wildman–Crippen LogP) is 3.07. The average Bonchev–Trinajstić information content (AvgIpc) is 2.49. The second-order valence-electron chi connectivity index (χ2n) is 5.09. The highest BCUT2D eigenvalue weighted by molar-refractivity contribution is 9.10. The molecule has 5 nitrogen and oxygen atoms in total. The quantitative estimate of drug-likeness (QED) is 0.828. The first-order chi connectivity index (χ1) is 10.6. The molecule has 0 saturated heterocycles. The van der Waals surface area contributed by atoms with Gasteiger partial charge in [0.1, 0.15) is 5.69 Å². The summed E-state index contributed by atoms with van der Waals surface area (Å²) < 4.78 is 0.837. The molecular formula is C16H19BrN4O. The van der Waals surface area contributed by atoms with Gasteiger partial charge < -0.3 is 15.5 Å². The predicted molar refractivity (Wildman–Crippen MR) is 93.4 cm³/mol. The van der Waals surface area contributed by atoms with E-state index in [0.717, 1.165) is 28.9 Å². The maximum Gasteiger partial charge on any atom is 0.274 e. The minimum atomic E-state index is -0.233. The lowest BCUT2D eigenvalue weighted by Gasteiger charge is -2.12. The van der Waals surface area contributed by atoms with Crippen LogP contribution >= 0.6 is 15.9 Å². The number of pyridine rings is 1. The van der Waals surface area contributed by atoms with Crippen molar-refractivity contribution in [1.29, 1.82) is 0 Å². The van der Waals surface area contributed by atoms with Crippen molar-refractivity contribution in [3.05, 3.63) is 52.8 Å². The minimum absolute atomic E-state index is 0.233. The number of benzene rings is 1. The lowest BCUT2D eigenvalue weighted by molar-refractivity contribution is 0.102. The number of aromatic nitrogens is 1. The Kier molecular flexibility index (Phi) is 5.91. The Morgan fingerprint density at radius 2 is 2.05 bits per heavy atom. The molecule has 0 aliphatic carbocycles. The maximum absolute atomic E-state index is 12.3. The molecule has 0 aliphatic rings. The van der Waals surface area contributed by atoms with E-state index in [-0.39, 0.29) is 5.91 Å². The van der Waals surface area contributed by atoms with Crippen molar-refractivity contribution in [2.24, 2.45) is 0 Å². The molecule has 2 N–H and O–H groups in total. The molecule has 0 spiro atoms. The van der Waals surface area contributed by atoms with E-state index < -0.39 is 0 Å². The molecule has 0 aliphatic heterocycles. The van der Waals surface area contributed by atoms with E-state index in [0.29, 0.717) is 5.69 Å². The van der Waals surface area contributed by atoms with Gasteiger partial charge in [0.05, 0.1) is 5.69 Å². The van der Waals surface area contributed by atoms with Crippen LogP contribution in [0.3, 0.4) is 0 Å². The first-order valence-electron chi connectivity index (χ1n) is 6.97. The third kappa shape index (κ3) is 4.82. The van der Waals surface area contributed by atoms with Crippen LogP contribution in [-0.4, -0.2) is 43.0 Å². The molecule has 0 fully saturated rings. The van der Waals surface area contributed by atoms with Crippen molar-refractivity contribution >= 4 is 33.2 Å². The summed E-state index contributed by atoms with van der Waals surface area (Å²) in [4.78, 5) is 18.5. The SMILES string of the molecule is CN(C)CCNc1ccnc(C(=O)Nc2ccccc2Br)c1. The normalized spacial score (nSPS) is 10.5. The maximum atomic E-state index is 12.3. The number of rotatable bonds is 6. The number of nitrogens with zero attached hydrogens (tertiary/aromatic N) is 2. The molecule has 0 saturated carbocycles. The fourth-order valence-electron chi connectivity index (χ4n) is 1.84. The molecular weight excluding hydrogens is 344 g/mol. The van der Waals surface area contributed by atoms with Crippen LogP contribution in [-0.2, 0) is 0 Å². The van der Waals surface area contributed by atoms with Gasteiger partial charge in [0.25, 0.3) is 5.91 Å². The summed E-state index contributed by atoms with van der Waals surface area (Å²) in [7, 11) is 4.04. The van der Waals surface area contributed by atoms with E-state index in [1.807, 2.05) is 44.4 Å². The first kappa shape index (κ1) is 16.5. The number of amides is 1. The van der Waals surface area contributed by atoms with Crippen LogP contribution in [0.1, 0.15) is 10.5 Å². The van der Waals surface area contributed by atoms with Crippen molar-refractivity contribution in [1.82, 2.24) is 9.88 Å². The summed E-state index contributed by atoms with van der Waals surface area (Å²) in [5, 5.41) is 6.12. The van der Waals surface area contributed by atoms with Crippen molar-refractivity contribution < 1.29 is 4.79 Å². The summed E-state index contributed by atoms with van der Waals surface area (Å²) in [6.45, 7) is 1.73. The standard InChI is InChI=1S/C16H19BrN4O/c1-21(2)10-9-18-12-7-8-19-15(11-12)16(22)20-14-6-4-3-5-13(14)17/h3-8,11H,9-10H2,1-2H3,(H,18,19)(H,20,22). The molecule has 2 aromatic rings. The fourth-order valence-corrected chi connectivity index (χ4v) is 2.22. The van der Waals surface area contributed by atoms with Crippen molar-refractivity contribution in [2.45, 2.75) is 0 Å². The molecule has 0 unspecified atom stereocenters. The fraction of sp³-hybridized carbons (Fsp3) is 0.250. The zero-order valence-corrected chi connectivity index (χ0v) is 14.2. The van der Waals surface area contributed by atoms with Gasteiger partial charge in [-0.15, -0.1) is 0 Å². The molecule has 116 valence electrons. The third-order valence-electron chi connectivity index (χ3n) is 3.00. The Labute approximate surface area is 138 Å². The van der Waals surface area contributed by atoms with Crippen LogP contribution in [0.25, 0.3) is 0 Å². The second kappa shape index (κ2) is 7.91. The molecule has 0 bridgehead atoms. The van der Waals surface area contributed by atoms with Gasteiger partial charge in [-0.1, -0.05) is 12.1 Å². The summed E-state index contributed by atoms with van der Waals surface area (Å²) >= 11 is 3.41. The molecule has 1 aromatic carbocycles. The van der Waals surface area contributed by atoms with Crippen molar-refractivity contribution in [3.63, 3.8) is 0 Å². The van der Waals surface area contributed by atoms with Crippen LogP contribution in [0, 0.1) is 0 Å². The molecule has 1 amide bonds. The number of hydrogen-bond acceptors (Lipinski definition) is 4. The highest BCUT2D eigenvalue weighted by Crippen LogP contribution is 2.21. The van der Waals surface area contributed by atoms with E-state index in [4.69, 9.17) is 0 Å². The number of carbonyl (C=O) groups is 1. The average molecular weight is 363 g/mol. The Hall–Kier alpha value is -1.92. The number of halogens is 1. The molecule has 0 atom stereocenters. The Morgan fingerprint density at radius 1 is 1.27 bits per heavy atom. The van der Waals surface area contributed by atoms with Gasteiger partial charge in [-0.05, 0) is 54.3 Å². The lowest BCUT2D eigenvalue weighted by Crippen LogP contribution is -2.21. The van der Waals surface area contributed by atoms with Crippen LogP contribution in [0.2, 0.25) is 0 Å². The van der Waals surface area contributed by atoms with E-state index in [1.165, 1.54) is 0 Å². The highest BCUT2D eigenvalue weighted by atomic mass is 79.9. The van der Waals surface area contributed by atoms with Crippen LogP contribution in [0.15, 0.2) is 47.1 Å². The first-order valence-corrected chi connectivity index (χ1v) is 7.76. The third-order valence-corrected chi connectivity index (χ3v) is 3.69. The largest absolute Gasteiger partial charge is 0.384 e.